The van der Waals surface area contributed by atoms with E-state index in [9.17, 15) is 9.59 Å². The predicted molar refractivity (Wildman–Crippen MR) is 76.4 cm³/mol. The highest BCUT2D eigenvalue weighted by Crippen LogP contribution is 2.16. The van der Waals surface area contributed by atoms with Gasteiger partial charge in [-0.25, -0.2) is 4.98 Å². The number of amides is 1. The second kappa shape index (κ2) is 5.36. The number of aromatic nitrogens is 2. The molecule has 2 rings (SSSR count). The third kappa shape index (κ3) is 3.08. The number of carbonyl (C=O) groups excluding carboxylic acids is 1. The average Bonchev–Trinajstić information content (AvgIpc) is 2.32. The number of anilines is 1. The Morgan fingerprint density at radius 3 is 2.74 bits per heavy atom. The van der Waals surface area contributed by atoms with Crippen LogP contribution >= 0.6 is 15.9 Å². The minimum absolute atomic E-state index is 0.0768. The SMILES string of the molecule is Cc1cc(=O)c(C(=O)Nc2ccc(Br)nc2C)c[nH]1. The van der Waals surface area contributed by atoms with Crippen LogP contribution in [0.4, 0.5) is 5.69 Å². The molecular weight excluding hydrogens is 310 g/mol. The number of hydrogen-bond donors (Lipinski definition) is 2. The lowest BCUT2D eigenvalue weighted by Crippen LogP contribution is -2.22. The van der Waals surface area contributed by atoms with Gasteiger partial charge in [-0.1, -0.05) is 0 Å². The number of rotatable bonds is 2. The molecule has 0 aliphatic carbocycles. The molecule has 0 aromatic carbocycles. The fourth-order valence-electron chi connectivity index (χ4n) is 1.60. The number of aromatic amines is 1. The monoisotopic (exact) mass is 321 g/mol. The molecular formula is C13H12BrN3O2. The van der Waals surface area contributed by atoms with Crippen molar-refractivity contribution in [2.75, 3.05) is 5.32 Å². The standard InChI is InChI=1S/C13H12BrN3O2/c1-7-5-11(18)9(6-15-7)13(19)17-10-3-4-12(14)16-8(10)2/h3-6H,1-2H3,(H,15,18)(H,17,19). The van der Waals surface area contributed by atoms with Gasteiger partial charge in [-0.3, -0.25) is 9.59 Å². The molecule has 0 saturated carbocycles. The van der Waals surface area contributed by atoms with Crippen LogP contribution in [0.5, 0.6) is 0 Å². The Balaban J connectivity index is 2.28. The van der Waals surface area contributed by atoms with Gasteiger partial charge in [-0.05, 0) is 41.9 Å². The summed E-state index contributed by atoms with van der Waals surface area (Å²) in [5, 5.41) is 2.67. The summed E-state index contributed by atoms with van der Waals surface area (Å²) in [5.41, 5.74) is 1.73. The van der Waals surface area contributed by atoms with E-state index in [1.165, 1.54) is 12.3 Å². The zero-order valence-corrected chi connectivity index (χ0v) is 12.0. The van der Waals surface area contributed by atoms with E-state index in [-0.39, 0.29) is 11.0 Å². The van der Waals surface area contributed by atoms with E-state index in [1.807, 2.05) is 0 Å². The number of nitrogens with zero attached hydrogens (tertiary/aromatic N) is 1. The second-order valence-electron chi connectivity index (χ2n) is 4.12. The van der Waals surface area contributed by atoms with Crippen LogP contribution in [0.1, 0.15) is 21.7 Å². The first kappa shape index (κ1) is 13.5. The van der Waals surface area contributed by atoms with E-state index in [2.05, 4.69) is 31.2 Å². The number of H-pyrrole nitrogens is 1. The normalized spacial score (nSPS) is 10.3. The number of hydrogen-bond acceptors (Lipinski definition) is 3. The smallest absolute Gasteiger partial charge is 0.261 e. The van der Waals surface area contributed by atoms with Crippen molar-refractivity contribution < 1.29 is 4.79 Å². The van der Waals surface area contributed by atoms with Gasteiger partial charge in [0.2, 0.25) is 0 Å². The average molecular weight is 322 g/mol. The highest BCUT2D eigenvalue weighted by molar-refractivity contribution is 9.10. The number of pyridine rings is 2. The van der Waals surface area contributed by atoms with Gasteiger partial charge >= 0.3 is 0 Å². The van der Waals surface area contributed by atoms with Crippen LogP contribution in [0.25, 0.3) is 0 Å². The van der Waals surface area contributed by atoms with Crippen LogP contribution in [-0.2, 0) is 0 Å². The van der Waals surface area contributed by atoms with E-state index in [1.54, 1.807) is 26.0 Å². The van der Waals surface area contributed by atoms with Crippen molar-refractivity contribution in [1.29, 1.82) is 0 Å². The zero-order valence-electron chi connectivity index (χ0n) is 10.5. The lowest BCUT2D eigenvalue weighted by Gasteiger charge is -2.07. The van der Waals surface area contributed by atoms with Gasteiger partial charge < -0.3 is 10.3 Å². The van der Waals surface area contributed by atoms with Gasteiger partial charge in [0, 0.05) is 18.0 Å². The van der Waals surface area contributed by atoms with Gasteiger partial charge in [0.05, 0.1) is 11.4 Å². The highest BCUT2D eigenvalue weighted by atomic mass is 79.9. The molecule has 2 heterocycles. The summed E-state index contributed by atoms with van der Waals surface area (Å²) in [4.78, 5) is 30.7. The summed E-state index contributed by atoms with van der Waals surface area (Å²) >= 11 is 3.25. The van der Waals surface area contributed by atoms with Crippen molar-refractivity contribution in [2.24, 2.45) is 0 Å². The predicted octanol–water partition coefficient (Wildman–Crippen LogP) is 2.40. The fraction of sp³-hybridized carbons (Fsp3) is 0.154. The van der Waals surface area contributed by atoms with Crippen LogP contribution in [0.15, 0.2) is 33.8 Å². The van der Waals surface area contributed by atoms with Gasteiger partial charge in [-0.2, -0.15) is 0 Å². The molecule has 1 amide bonds. The number of nitrogens with one attached hydrogen (secondary N) is 2. The molecule has 2 aromatic heterocycles. The van der Waals surface area contributed by atoms with Gasteiger partial charge in [0.25, 0.3) is 5.91 Å². The second-order valence-corrected chi connectivity index (χ2v) is 4.93. The van der Waals surface area contributed by atoms with Crippen molar-refractivity contribution >= 4 is 27.5 Å². The maximum Gasteiger partial charge on any atom is 0.261 e. The van der Waals surface area contributed by atoms with Crippen molar-refractivity contribution in [1.82, 2.24) is 9.97 Å². The van der Waals surface area contributed by atoms with Crippen molar-refractivity contribution in [2.45, 2.75) is 13.8 Å². The minimum Gasteiger partial charge on any atom is -0.364 e. The molecule has 0 spiro atoms. The Morgan fingerprint density at radius 2 is 2.11 bits per heavy atom. The number of carbonyl (C=O) groups is 1. The third-order valence-electron chi connectivity index (χ3n) is 2.60. The van der Waals surface area contributed by atoms with Crippen molar-refractivity contribution in [3.63, 3.8) is 0 Å². The molecule has 0 unspecified atom stereocenters. The largest absolute Gasteiger partial charge is 0.364 e. The van der Waals surface area contributed by atoms with E-state index in [4.69, 9.17) is 0 Å². The fourth-order valence-corrected chi connectivity index (χ4v) is 2.00. The molecule has 0 fully saturated rings. The van der Waals surface area contributed by atoms with E-state index >= 15 is 0 Å². The summed E-state index contributed by atoms with van der Waals surface area (Å²) in [6.07, 6.45) is 1.41. The van der Waals surface area contributed by atoms with Crippen LogP contribution in [0.3, 0.4) is 0 Å². The molecule has 0 radical (unpaired) electrons. The lowest BCUT2D eigenvalue weighted by molar-refractivity contribution is 0.102. The summed E-state index contributed by atoms with van der Waals surface area (Å²) in [5.74, 6) is -0.450. The number of aryl methyl sites for hydroxylation is 2. The first-order valence-corrected chi connectivity index (χ1v) is 6.40. The first-order valence-electron chi connectivity index (χ1n) is 5.61. The van der Waals surface area contributed by atoms with Gasteiger partial charge in [0.15, 0.2) is 5.43 Å². The molecule has 2 N–H and O–H groups in total. The summed E-state index contributed by atoms with van der Waals surface area (Å²) < 4.78 is 0.691. The maximum absolute atomic E-state index is 12.0. The molecule has 5 nitrogen and oxygen atoms in total. The minimum atomic E-state index is -0.450. The quantitative estimate of drug-likeness (QED) is 0.834. The summed E-state index contributed by atoms with van der Waals surface area (Å²) in [6, 6.07) is 4.84. The molecule has 0 aliphatic heterocycles. The molecule has 98 valence electrons. The molecule has 19 heavy (non-hydrogen) atoms. The Bertz CT molecular complexity index is 695. The lowest BCUT2D eigenvalue weighted by atomic mass is 10.2. The molecule has 6 heteroatoms. The Kier molecular flexibility index (Phi) is 3.80. The van der Waals surface area contributed by atoms with E-state index in [0.29, 0.717) is 21.7 Å². The van der Waals surface area contributed by atoms with E-state index in [0.717, 1.165) is 0 Å². The Labute approximate surface area is 118 Å². The molecule has 0 bridgehead atoms. The van der Waals surface area contributed by atoms with E-state index < -0.39 is 5.91 Å². The molecule has 2 aromatic rings. The molecule has 0 saturated heterocycles. The summed E-state index contributed by atoms with van der Waals surface area (Å²) in [7, 11) is 0. The highest BCUT2D eigenvalue weighted by Gasteiger charge is 2.12. The maximum atomic E-state index is 12.0. The van der Waals surface area contributed by atoms with Crippen molar-refractivity contribution in [3.05, 3.63) is 56.2 Å². The van der Waals surface area contributed by atoms with Crippen LogP contribution < -0.4 is 10.7 Å². The van der Waals surface area contributed by atoms with Crippen molar-refractivity contribution in [3.8, 4) is 0 Å². The molecule has 0 atom stereocenters. The van der Waals surface area contributed by atoms with Gasteiger partial charge in [0.1, 0.15) is 10.2 Å². The third-order valence-corrected chi connectivity index (χ3v) is 3.04. The topological polar surface area (TPSA) is 74.8 Å². The van der Waals surface area contributed by atoms with Crippen LogP contribution in [-0.4, -0.2) is 15.9 Å². The number of halogens is 1. The Morgan fingerprint density at radius 1 is 1.37 bits per heavy atom. The zero-order chi connectivity index (χ0) is 14.0. The Hall–Kier alpha value is -1.95. The van der Waals surface area contributed by atoms with Gasteiger partial charge in [-0.15, -0.1) is 0 Å². The van der Waals surface area contributed by atoms with Crippen LogP contribution in [0.2, 0.25) is 0 Å². The summed E-state index contributed by atoms with van der Waals surface area (Å²) in [6.45, 7) is 3.53. The molecule has 0 aliphatic rings. The first-order chi connectivity index (χ1) is 8.97. The van der Waals surface area contributed by atoms with Crippen LogP contribution in [0, 0.1) is 13.8 Å².